The van der Waals surface area contributed by atoms with Gasteiger partial charge in [0, 0.05) is 12.1 Å². The van der Waals surface area contributed by atoms with Crippen molar-refractivity contribution >= 4 is 34.7 Å². The molecular weight excluding hydrogens is 372 g/mol. The molecule has 0 radical (unpaired) electrons. The average molecular weight is 386 g/mol. The highest BCUT2D eigenvalue weighted by Gasteiger charge is 2.24. The maximum atomic E-state index is 11.5. The second-order valence-corrected chi connectivity index (χ2v) is 6.38. The Labute approximate surface area is 158 Å². The third-order valence-corrected chi connectivity index (χ3v) is 4.30. The quantitative estimate of drug-likeness (QED) is 0.336. The van der Waals surface area contributed by atoms with Gasteiger partial charge in [-0.3, -0.25) is 25.0 Å². The first-order valence-electron chi connectivity index (χ1n) is 7.86. The number of carbonyl (C=O) groups excluding carboxylic acids is 2. The zero-order chi connectivity index (χ0) is 19.2. The van der Waals surface area contributed by atoms with Crippen LogP contribution in [-0.2, 0) is 4.79 Å². The predicted octanol–water partition coefficient (Wildman–Crippen LogP) is 3.38. The van der Waals surface area contributed by atoms with Gasteiger partial charge in [0.25, 0.3) is 16.8 Å². The second kappa shape index (κ2) is 8.37. The van der Waals surface area contributed by atoms with E-state index in [2.05, 4.69) is 5.32 Å². The second-order valence-electron chi connectivity index (χ2n) is 5.37. The summed E-state index contributed by atoms with van der Waals surface area (Å²) < 4.78 is 11.0. The smallest absolute Gasteiger partial charge is 0.290 e. The Bertz CT molecular complexity index is 893. The van der Waals surface area contributed by atoms with E-state index in [1.807, 2.05) is 0 Å². The van der Waals surface area contributed by atoms with Gasteiger partial charge in [-0.15, -0.1) is 0 Å². The fraction of sp³-hybridized carbons (Fsp3) is 0.111. The van der Waals surface area contributed by atoms with Crippen molar-refractivity contribution in [1.29, 1.82) is 0 Å². The molecule has 1 saturated heterocycles. The van der Waals surface area contributed by atoms with Crippen LogP contribution in [0.3, 0.4) is 0 Å². The number of benzene rings is 2. The predicted molar refractivity (Wildman–Crippen MR) is 99.6 cm³/mol. The lowest BCUT2D eigenvalue weighted by molar-refractivity contribution is -0.384. The summed E-state index contributed by atoms with van der Waals surface area (Å²) >= 11 is 0.866. The lowest BCUT2D eigenvalue weighted by Gasteiger charge is -2.08. The van der Waals surface area contributed by atoms with E-state index in [1.165, 1.54) is 24.3 Å². The Morgan fingerprint density at radius 2 is 1.52 bits per heavy atom. The largest absolute Gasteiger partial charge is 0.490 e. The molecule has 2 aromatic rings. The Balaban J connectivity index is 1.46. The molecule has 1 fully saturated rings. The number of thioether (sulfide) groups is 1. The summed E-state index contributed by atoms with van der Waals surface area (Å²) in [6, 6.07) is 12.9. The SMILES string of the molecule is O=C1NC(=O)/C(=C/c2ccc(OCCOc3ccc([N+](=O)[O-])cc3)cc2)S1. The van der Waals surface area contributed by atoms with Gasteiger partial charge in [-0.25, -0.2) is 0 Å². The van der Waals surface area contributed by atoms with Gasteiger partial charge in [-0.1, -0.05) is 12.1 Å². The highest BCUT2D eigenvalue weighted by atomic mass is 32.2. The van der Waals surface area contributed by atoms with Crippen LogP contribution in [0.2, 0.25) is 0 Å². The summed E-state index contributed by atoms with van der Waals surface area (Å²) in [4.78, 5) is 33.1. The molecular formula is C18H14N2O6S. The molecule has 8 nitrogen and oxygen atoms in total. The molecule has 0 unspecified atom stereocenters. The Kier molecular flexibility index (Phi) is 5.72. The maximum Gasteiger partial charge on any atom is 0.290 e. The van der Waals surface area contributed by atoms with Crippen molar-refractivity contribution in [3.05, 3.63) is 69.1 Å². The lowest BCUT2D eigenvalue weighted by Crippen LogP contribution is -2.17. The number of hydrogen-bond donors (Lipinski definition) is 1. The molecule has 27 heavy (non-hydrogen) atoms. The fourth-order valence-corrected chi connectivity index (χ4v) is 2.90. The topological polar surface area (TPSA) is 108 Å². The molecule has 0 spiro atoms. The van der Waals surface area contributed by atoms with Gasteiger partial charge in [-0.2, -0.15) is 0 Å². The summed E-state index contributed by atoms with van der Waals surface area (Å²) in [6.07, 6.45) is 1.63. The van der Waals surface area contributed by atoms with Gasteiger partial charge in [0.2, 0.25) is 0 Å². The molecule has 0 atom stereocenters. The number of ether oxygens (including phenoxy) is 2. The normalized spacial score (nSPS) is 14.9. The Hall–Kier alpha value is -3.33. The zero-order valence-electron chi connectivity index (χ0n) is 13.9. The molecule has 0 aliphatic carbocycles. The zero-order valence-corrected chi connectivity index (χ0v) is 14.7. The van der Waals surface area contributed by atoms with Gasteiger partial charge in [0.1, 0.15) is 24.7 Å². The highest BCUT2D eigenvalue weighted by molar-refractivity contribution is 8.18. The number of hydrogen-bond acceptors (Lipinski definition) is 7. The van der Waals surface area contributed by atoms with Crippen LogP contribution in [0, 0.1) is 10.1 Å². The highest BCUT2D eigenvalue weighted by Crippen LogP contribution is 2.26. The summed E-state index contributed by atoms with van der Waals surface area (Å²) in [5.74, 6) is 0.755. The number of nitro groups is 1. The Morgan fingerprint density at radius 3 is 2.00 bits per heavy atom. The maximum absolute atomic E-state index is 11.5. The molecule has 138 valence electrons. The van der Waals surface area contributed by atoms with Crippen LogP contribution >= 0.6 is 11.8 Å². The van der Waals surface area contributed by atoms with Crippen LogP contribution in [0.25, 0.3) is 6.08 Å². The van der Waals surface area contributed by atoms with E-state index in [0.29, 0.717) is 23.0 Å². The van der Waals surface area contributed by atoms with E-state index in [4.69, 9.17) is 9.47 Å². The Morgan fingerprint density at radius 1 is 0.963 bits per heavy atom. The summed E-state index contributed by atoms with van der Waals surface area (Å²) in [7, 11) is 0. The van der Waals surface area contributed by atoms with Crippen molar-refractivity contribution in [3.63, 3.8) is 0 Å². The van der Waals surface area contributed by atoms with E-state index in [0.717, 1.165) is 17.3 Å². The van der Waals surface area contributed by atoms with Gasteiger partial charge in [0.05, 0.1) is 9.83 Å². The van der Waals surface area contributed by atoms with Crippen LogP contribution in [0.5, 0.6) is 11.5 Å². The standard InChI is InChI=1S/C18H14N2O6S/c21-17-16(27-18(22)19-17)11-12-1-5-14(6-2-12)25-9-10-26-15-7-3-13(4-8-15)20(23)24/h1-8,11H,9-10H2,(H,19,21,22)/b16-11-. The first-order valence-corrected chi connectivity index (χ1v) is 8.68. The van der Waals surface area contributed by atoms with Crippen molar-refractivity contribution in [1.82, 2.24) is 5.32 Å². The van der Waals surface area contributed by atoms with Gasteiger partial charge in [0.15, 0.2) is 0 Å². The van der Waals surface area contributed by atoms with Crippen molar-refractivity contribution < 1.29 is 24.0 Å². The summed E-state index contributed by atoms with van der Waals surface area (Å²) in [5, 5.41) is 12.4. The summed E-state index contributed by atoms with van der Waals surface area (Å²) in [5.41, 5.74) is 0.781. The number of rotatable bonds is 7. The number of amides is 2. The van der Waals surface area contributed by atoms with Gasteiger partial charge < -0.3 is 9.47 Å². The molecule has 1 N–H and O–H groups in total. The molecule has 3 rings (SSSR count). The molecule has 0 bridgehead atoms. The third-order valence-electron chi connectivity index (χ3n) is 3.49. The summed E-state index contributed by atoms with van der Waals surface area (Å²) in [6.45, 7) is 0.576. The number of nitro benzene ring substituents is 1. The number of nitrogens with zero attached hydrogens (tertiary/aromatic N) is 1. The van der Waals surface area contributed by atoms with Crippen LogP contribution in [0.1, 0.15) is 5.56 Å². The number of carbonyl (C=O) groups is 2. The van der Waals surface area contributed by atoms with Crippen LogP contribution in [-0.4, -0.2) is 29.3 Å². The first kappa shape index (κ1) is 18.5. The van der Waals surface area contributed by atoms with Crippen LogP contribution in [0.15, 0.2) is 53.4 Å². The molecule has 9 heteroatoms. The minimum Gasteiger partial charge on any atom is -0.490 e. The average Bonchev–Trinajstić information content (AvgIpc) is 2.97. The van der Waals surface area contributed by atoms with E-state index in [-0.39, 0.29) is 17.5 Å². The molecule has 1 aliphatic rings. The van der Waals surface area contributed by atoms with E-state index >= 15 is 0 Å². The van der Waals surface area contributed by atoms with Gasteiger partial charge >= 0.3 is 0 Å². The van der Waals surface area contributed by atoms with Crippen molar-refractivity contribution in [3.8, 4) is 11.5 Å². The van der Waals surface area contributed by atoms with Crippen LogP contribution in [0.4, 0.5) is 10.5 Å². The molecule has 1 heterocycles. The fourth-order valence-electron chi connectivity index (χ4n) is 2.22. The molecule has 0 aromatic heterocycles. The first-order chi connectivity index (χ1) is 13.0. The van der Waals surface area contributed by atoms with Gasteiger partial charge in [-0.05, 0) is 47.7 Å². The third kappa shape index (κ3) is 5.08. The van der Waals surface area contributed by atoms with Crippen molar-refractivity contribution in [2.75, 3.05) is 13.2 Å². The lowest BCUT2D eigenvalue weighted by atomic mass is 10.2. The van der Waals surface area contributed by atoms with Crippen molar-refractivity contribution in [2.45, 2.75) is 0 Å². The minimum absolute atomic E-state index is 0.00603. The molecule has 0 saturated carbocycles. The number of non-ortho nitro benzene ring substituents is 1. The van der Waals surface area contributed by atoms with Crippen molar-refractivity contribution in [2.24, 2.45) is 0 Å². The molecule has 1 aliphatic heterocycles. The van der Waals surface area contributed by atoms with Crippen LogP contribution < -0.4 is 14.8 Å². The van der Waals surface area contributed by atoms with E-state index < -0.39 is 10.8 Å². The monoisotopic (exact) mass is 386 g/mol. The number of nitrogens with one attached hydrogen (secondary N) is 1. The van der Waals surface area contributed by atoms with E-state index in [9.17, 15) is 19.7 Å². The molecule has 2 amide bonds. The number of imide groups is 1. The van der Waals surface area contributed by atoms with E-state index in [1.54, 1.807) is 30.3 Å². The minimum atomic E-state index is -0.470. The molecule has 2 aromatic carbocycles.